The number of rotatable bonds is 7. The molecule has 0 radical (unpaired) electrons. The Kier molecular flexibility index (Phi) is 5.80. The van der Waals surface area contributed by atoms with E-state index >= 15 is 0 Å². The highest BCUT2D eigenvalue weighted by molar-refractivity contribution is 5.88. The summed E-state index contributed by atoms with van der Waals surface area (Å²) in [5, 5.41) is 9.16. The van der Waals surface area contributed by atoms with E-state index in [0.717, 1.165) is 37.3 Å². The summed E-state index contributed by atoms with van der Waals surface area (Å²) >= 11 is 0. The minimum absolute atomic E-state index is 0.324. The second kappa shape index (κ2) is 7.12. The Balaban J connectivity index is 2.94. The van der Waals surface area contributed by atoms with Gasteiger partial charge in [-0.1, -0.05) is 27.2 Å². The summed E-state index contributed by atoms with van der Waals surface area (Å²) in [6.07, 6.45) is 2.84. The minimum Gasteiger partial charge on any atom is -0.478 e. The molecule has 0 spiro atoms. The zero-order valence-electron chi connectivity index (χ0n) is 12.3. The lowest BCUT2D eigenvalue weighted by Gasteiger charge is -2.20. The first-order valence-corrected chi connectivity index (χ1v) is 6.89. The van der Waals surface area contributed by atoms with Crippen molar-refractivity contribution in [2.45, 2.75) is 40.0 Å². The zero-order chi connectivity index (χ0) is 14.4. The third-order valence-corrected chi connectivity index (χ3v) is 3.05. The number of carbonyl (C=O) groups is 1. The third kappa shape index (κ3) is 4.89. The van der Waals surface area contributed by atoms with Crippen LogP contribution < -0.4 is 4.90 Å². The van der Waals surface area contributed by atoms with Crippen molar-refractivity contribution in [3.8, 4) is 0 Å². The van der Waals surface area contributed by atoms with E-state index in [0.29, 0.717) is 11.5 Å². The molecule has 106 valence electrons. The van der Waals surface area contributed by atoms with Gasteiger partial charge in [0.2, 0.25) is 0 Å². The molecule has 1 N–H and O–H groups in total. The highest BCUT2D eigenvalue weighted by Crippen LogP contribution is 2.16. The third-order valence-electron chi connectivity index (χ3n) is 3.05. The molecule has 0 aliphatic rings. The van der Waals surface area contributed by atoms with Gasteiger partial charge in [-0.2, -0.15) is 0 Å². The first-order chi connectivity index (χ1) is 8.93. The maximum absolute atomic E-state index is 11.2. The Labute approximate surface area is 115 Å². The van der Waals surface area contributed by atoms with Gasteiger partial charge >= 0.3 is 5.97 Å². The van der Waals surface area contributed by atoms with Gasteiger partial charge in [0, 0.05) is 19.3 Å². The number of hydrogen-bond acceptors (Lipinski definition) is 3. The molecule has 0 aliphatic heterocycles. The predicted molar refractivity (Wildman–Crippen MR) is 77.9 cm³/mol. The SMILES string of the molecule is CCCc1cc(C(=O)O)cc(N(C)CCC(C)C)n1. The van der Waals surface area contributed by atoms with E-state index in [4.69, 9.17) is 5.11 Å². The fourth-order valence-corrected chi connectivity index (χ4v) is 1.84. The van der Waals surface area contributed by atoms with Crippen LogP contribution in [0.25, 0.3) is 0 Å². The van der Waals surface area contributed by atoms with E-state index in [2.05, 4.69) is 25.8 Å². The van der Waals surface area contributed by atoms with Crippen LogP contribution in [0.5, 0.6) is 0 Å². The molecule has 1 rings (SSSR count). The molecule has 0 aliphatic carbocycles. The normalized spacial score (nSPS) is 10.8. The van der Waals surface area contributed by atoms with Crippen LogP contribution in [0.4, 0.5) is 5.82 Å². The summed E-state index contributed by atoms with van der Waals surface area (Å²) in [6, 6.07) is 3.33. The maximum atomic E-state index is 11.2. The summed E-state index contributed by atoms with van der Waals surface area (Å²) in [5.74, 6) is 0.488. The van der Waals surface area contributed by atoms with E-state index in [9.17, 15) is 4.79 Å². The molecular weight excluding hydrogens is 240 g/mol. The molecule has 0 unspecified atom stereocenters. The van der Waals surface area contributed by atoms with Crippen LogP contribution >= 0.6 is 0 Å². The van der Waals surface area contributed by atoms with E-state index in [-0.39, 0.29) is 0 Å². The Morgan fingerprint density at radius 3 is 2.63 bits per heavy atom. The van der Waals surface area contributed by atoms with Crippen LogP contribution in [0.2, 0.25) is 0 Å². The number of nitrogens with zero attached hydrogens (tertiary/aromatic N) is 2. The number of aromatic nitrogens is 1. The van der Waals surface area contributed by atoms with Crippen LogP contribution in [0.1, 0.15) is 49.7 Å². The Hall–Kier alpha value is -1.58. The standard InChI is InChI=1S/C15H24N2O2/c1-5-6-13-9-12(15(18)19)10-14(16-13)17(4)8-7-11(2)3/h9-11H,5-8H2,1-4H3,(H,18,19). The van der Waals surface area contributed by atoms with Gasteiger partial charge in [-0.15, -0.1) is 0 Å². The van der Waals surface area contributed by atoms with Crippen molar-refractivity contribution in [3.63, 3.8) is 0 Å². The van der Waals surface area contributed by atoms with E-state index < -0.39 is 5.97 Å². The smallest absolute Gasteiger partial charge is 0.335 e. The van der Waals surface area contributed by atoms with Crippen molar-refractivity contribution in [1.82, 2.24) is 4.98 Å². The van der Waals surface area contributed by atoms with Crippen LogP contribution in [-0.4, -0.2) is 29.7 Å². The van der Waals surface area contributed by atoms with Crippen LogP contribution in [0, 0.1) is 5.92 Å². The van der Waals surface area contributed by atoms with Gasteiger partial charge in [-0.05, 0) is 30.9 Å². The molecule has 0 saturated heterocycles. The number of anilines is 1. The molecule has 0 aromatic carbocycles. The van der Waals surface area contributed by atoms with Crippen LogP contribution in [0.3, 0.4) is 0 Å². The van der Waals surface area contributed by atoms with E-state index in [1.165, 1.54) is 0 Å². The summed E-state index contributed by atoms with van der Waals surface area (Å²) in [4.78, 5) is 17.7. The molecule has 0 amide bonds. The van der Waals surface area contributed by atoms with Crippen molar-refractivity contribution < 1.29 is 9.90 Å². The van der Waals surface area contributed by atoms with E-state index in [1.54, 1.807) is 12.1 Å². The van der Waals surface area contributed by atoms with Gasteiger partial charge in [0.25, 0.3) is 0 Å². The topological polar surface area (TPSA) is 53.4 Å². The lowest BCUT2D eigenvalue weighted by Crippen LogP contribution is -2.22. The minimum atomic E-state index is -0.890. The van der Waals surface area contributed by atoms with Gasteiger partial charge in [-0.25, -0.2) is 9.78 Å². The summed E-state index contributed by atoms with van der Waals surface area (Å²) in [5.41, 5.74) is 1.18. The molecule has 1 aromatic heterocycles. The first kappa shape index (κ1) is 15.5. The Bertz CT molecular complexity index is 430. The maximum Gasteiger partial charge on any atom is 0.335 e. The van der Waals surface area contributed by atoms with Crippen molar-refractivity contribution in [2.75, 3.05) is 18.5 Å². The quantitative estimate of drug-likeness (QED) is 0.821. The summed E-state index contributed by atoms with van der Waals surface area (Å²) in [7, 11) is 1.96. The lowest BCUT2D eigenvalue weighted by molar-refractivity contribution is 0.0696. The van der Waals surface area contributed by atoms with Crippen molar-refractivity contribution in [1.29, 1.82) is 0 Å². The molecule has 1 aromatic rings. The second-order valence-electron chi connectivity index (χ2n) is 5.36. The number of aromatic carboxylic acids is 1. The second-order valence-corrected chi connectivity index (χ2v) is 5.36. The molecule has 0 fully saturated rings. The van der Waals surface area contributed by atoms with Crippen molar-refractivity contribution in [3.05, 3.63) is 23.4 Å². The average molecular weight is 264 g/mol. The lowest BCUT2D eigenvalue weighted by atomic mass is 10.1. The molecule has 19 heavy (non-hydrogen) atoms. The molecule has 4 nitrogen and oxygen atoms in total. The first-order valence-electron chi connectivity index (χ1n) is 6.89. The number of carboxylic acids is 1. The number of aryl methyl sites for hydroxylation is 1. The highest BCUT2D eigenvalue weighted by Gasteiger charge is 2.11. The molecule has 0 atom stereocenters. The number of carboxylic acid groups (broad SMARTS) is 1. The summed E-state index contributed by atoms with van der Waals surface area (Å²) in [6.45, 7) is 7.31. The monoisotopic (exact) mass is 264 g/mol. The van der Waals surface area contributed by atoms with Crippen molar-refractivity contribution in [2.24, 2.45) is 5.92 Å². The molecule has 4 heteroatoms. The fraction of sp³-hybridized carbons (Fsp3) is 0.600. The van der Waals surface area contributed by atoms with Crippen molar-refractivity contribution >= 4 is 11.8 Å². The van der Waals surface area contributed by atoms with Crippen LogP contribution in [-0.2, 0) is 6.42 Å². The number of pyridine rings is 1. The largest absolute Gasteiger partial charge is 0.478 e. The predicted octanol–water partition coefficient (Wildman–Crippen LogP) is 3.21. The molecular formula is C15H24N2O2. The Morgan fingerprint density at radius 1 is 1.42 bits per heavy atom. The zero-order valence-corrected chi connectivity index (χ0v) is 12.3. The highest BCUT2D eigenvalue weighted by atomic mass is 16.4. The summed E-state index contributed by atoms with van der Waals surface area (Å²) < 4.78 is 0. The molecule has 0 saturated carbocycles. The van der Waals surface area contributed by atoms with Gasteiger partial charge in [0.05, 0.1) is 5.56 Å². The molecule has 0 bridgehead atoms. The average Bonchev–Trinajstić information content (AvgIpc) is 2.35. The Morgan fingerprint density at radius 2 is 2.11 bits per heavy atom. The van der Waals surface area contributed by atoms with Gasteiger partial charge in [0.15, 0.2) is 0 Å². The fourth-order valence-electron chi connectivity index (χ4n) is 1.84. The van der Waals surface area contributed by atoms with E-state index in [1.807, 2.05) is 11.9 Å². The molecule has 1 heterocycles. The number of hydrogen-bond donors (Lipinski definition) is 1. The van der Waals surface area contributed by atoms with Crippen LogP contribution in [0.15, 0.2) is 12.1 Å². The van der Waals surface area contributed by atoms with Gasteiger partial charge in [-0.3, -0.25) is 0 Å². The van der Waals surface area contributed by atoms with Gasteiger partial charge < -0.3 is 10.0 Å². The van der Waals surface area contributed by atoms with Gasteiger partial charge in [0.1, 0.15) is 5.82 Å².